The van der Waals surface area contributed by atoms with E-state index in [-0.39, 0.29) is 6.54 Å². The molecule has 0 saturated heterocycles. The van der Waals surface area contributed by atoms with E-state index in [4.69, 9.17) is 16.3 Å². The highest BCUT2D eigenvalue weighted by molar-refractivity contribution is 6.33. The fourth-order valence-corrected chi connectivity index (χ4v) is 2.21. The van der Waals surface area contributed by atoms with Gasteiger partial charge in [-0.05, 0) is 24.6 Å². The maximum atomic E-state index is 12.0. The van der Waals surface area contributed by atoms with Gasteiger partial charge in [0.15, 0.2) is 0 Å². The zero-order valence-electron chi connectivity index (χ0n) is 13.0. The number of hydrogen-bond acceptors (Lipinski definition) is 3. The first-order chi connectivity index (χ1) is 10.9. The minimum atomic E-state index is -1.17. The average Bonchev–Trinajstić information content (AvgIpc) is 2.56. The van der Waals surface area contributed by atoms with Gasteiger partial charge >= 0.3 is 6.03 Å². The Morgan fingerprint density at radius 1 is 1.26 bits per heavy atom. The van der Waals surface area contributed by atoms with E-state index in [1.54, 1.807) is 37.3 Å². The van der Waals surface area contributed by atoms with E-state index in [2.05, 4.69) is 10.6 Å². The summed E-state index contributed by atoms with van der Waals surface area (Å²) in [6.45, 7) is 1.70. The third kappa shape index (κ3) is 4.61. The number of nitrogens with one attached hydrogen (secondary N) is 2. The van der Waals surface area contributed by atoms with Crippen LogP contribution in [0.2, 0.25) is 5.02 Å². The van der Waals surface area contributed by atoms with Gasteiger partial charge in [-0.3, -0.25) is 0 Å². The molecule has 0 fully saturated rings. The van der Waals surface area contributed by atoms with Crippen LogP contribution in [0, 0.1) is 0 Å². The van der Waals surface area contributed by atoms with Crippen molar-refractivity contribution in [1.82, 2.24) is 5.32 Å². The molecule has 0 saturated carbocycles. The van der Waals surface area contributed by atoms with Gasteiger partial charge in [0.2, 0.25) is 0 Å². The van der Waals surface area contributed by atoms with Crippen LogP contribution in [0.5, 0.6) is 5.75 Å². The predicted molar refractivity (Wildman–Crippen MR) is 91.0 cm³/mol. The van der Waals surface area contributed by atoms with Crippen molar-refractivity contribution in [2.24, 2.45) is 0 Å². The highest BCUT2D eigenvalue weighted by Gasteiger charge is 2.23. The topological polar surface area (TPSA) is 70.6 Å². The van der Waals surface area contributed by atoms with Crippen LogP contribution in [0.4, 0.5) is 10.5 Å². The number of rotatable bonds is 5. The fourth-order valence-electron chi connectivity index (χ4n) is 2.05. The number of carbonyl (C=O) groups is 1. The molecule has 3 N–H and O–H groups in total. The van der Waals surface area contributed by atoms with Gasteiger partial charge in [0.25, 0.3) is 0 Å². The monoisotopic (exact) mass is 334 g/mol. The van der Waals surface area contributed by atoms with Gasteiger partial charge in [0.1, 0.15) is 11.4 Å². The molecule has 5 nitrogen and oxygen atoms in total. The minimum Gasteiger partial charge on any atom is -0.497 e. The third-order valence-corrected chi connectivity index (χ3v) is 3.74. The van der Waals surface area contributed by atoms with Crippen LogP contribution < -0.4 is 15.4 Å². The summed E-state index contributed by atoms with van der Waals surface area (Å²) in [4.78, 5) is 12.0. The Hall–Kier alpha value is -2.24. The molecule has 1 unspecified atom stereocenters. The molecule has 0 radical (unpaired) electrons. The lowest BCUT2D eigenvalue weighted by atomic mass is 9.96. The Kier molecular flexibility index (Phi) is 5.47. The first kappa shape index (κ1) is 17.1. The summed E-state index contributed by atoms with van der Waals surface area (Å²) in [5.41, 5.74) is -0.0147. The van der Waals surface area contributed by atoms with Crippen molar-refractivity contribution in [2.45, 2.75) is 12.5 Å². The van der Waals surface area contributed by atoms with Crippen LogP contribution in [-0.4, -0.2) is 24.8 Å². The zero-order chi connectivity index (χ0) is 16.9. The first-order valence-corrected chi connectivity index (χ1v) is 7.46. The van der Waals surface area contributed by atoms with Crippen molar-refractivity contribution in [2.75, 3.05) is 19.0 Å². The summed E-state index contributed by atoms with van der Waals surface area (Å²) in [6.07, 6.45) is 0. The molecule has 6 heteroatoms. The molecule has 0 aromatic heterocycles. The fraction of sp³-hybridized carbons (Fsp3) is 0.235. The van der Waals surface area contributed by atoms with Gasteiger partial charge in [0.05, 0.1) is 24.4 Å². The molecule has 0 aliphatic carbocycles. The molecule has 2 rings (SSSR count). The second-order valence-corrected chi connectivity index (χ2v) is 5.70. The largest absolute Gasteiger partial charge is 0.497 e. The third-order valence-electron chi connectivity index (χ3n) is 3.41. The number of urea groups is 1. The van der Waals surface area contributed by atoms with Gasteiger partial charge in [-0.15, -0.1) is 0 Å². The molecule has 0 aliphatic rings. The van der Waals surface area contributed by atoms with Crippen LogP contribution in [0.1, 0.15) is 12.5 Å². The molecule has 23 heavy (non-hydrogen) atoms. The van der Waals surface area contributed by atoms with Crippen LogP contribution in [0.3, 0.4) is 0 Å². The molecular formula is C17H19ClN2O3. The Morgan fingerprint density at radius 3 is 2.61 bits per heavy atom. The highest BCUT2D eigenvalue weighted by atomic mass is 35.5. The molecule has 1 atom stereocenters. The van der Waals surface area contributed by atoms with Gasteiger partial charge < -0.3 is 20.5 Å². The lowest BCUT2D eigenvalue weighted by Gasteiger charge is -2.24. The number of ether oxygens (including phenoxy) is 1. The number of anilines is 1. The molecule has 122 valence electrons. The number of benzene rings is 2. The molecule has 0 spiro atoms. The van der Waals surface area contributed by atoms with E-state index in [1.165, 1.54) is 7.11 Å². The smallest absolute Gasteiger partial charge is 0.319 e. The summed E-state index contributed by atoms with van der Waals surface area (Å²) in [5, 5.41) is 16.1. The van der Waals surface area contributed by atoms with Gasteiger partial charge in [-0.1, -0.05) is 41.9 Å². The maximum Gasteiger partial charge on any atom is 0.319 e. The standard InChI is InChI=1S/C17H19ClN2O3/c1-17(22,12-6-4-3-5-7-12)11-19-16(21)20-15-10-13(23-2)8-9-14(15)18/h3-10,22H,11H2,1-2H3,(H2,19,20,21). The van der Waals surface area contributed by atoms with Crippen molar-refractivity contribution >= 4 is 23.3 Å². The van der Waals surface area contributed by atoms with Crippen LogP contribution >= 0.6 is 11.6 Å². The van der Waals surface area contributed by atoms with E-state index in [0.717, 1.165) is 5.56 Å². The summed E-state index contributed by atoms with van der Waals surface area (Å²) in [6, 6.07) is 13.6. The average molecular weight is 335 g/mol. The van der Waals surface area contributed by atoms with E-state index in [9.17, 15) is 9.90 Å². The summed E-state index contributed by atoms with van der Waals surface area (Å²) in [7, 11) is 1.53. The quantitative estimate of drug-likeness (QED) is 0.785. The summed E-state index contributed by atoms with van der Waals surface area (Å²) >= 11 is 6.04. The van der Waals surface area contributed by atoms with E-state index >= 15 is 0 Å². The SMILES string of the molecule is COc1ccc(Cl)c(NC(=O)NCC(C)(O)c2ccccc2)c1. The summed E-state index contributed by atoms with van der Waals surface area (Å²) in [5.74, 6) is 0.584. The Labute approximate surface area is 140 Å². The number of amides is 2. The number of halogens is 1. The number of methoxy groups -OCH3 is 1. The normalized spacial score (nSPS) is 13.0. The lowest BCUT2D eigenvalue weighted by molar-refractivity contribution is 0.0599. The van der Waals surface area contributed by atoms with Crippen molar-refractivity contribution in [3.63, 3.8) is 0 Å². The molecular weight excluding hydrogens is 316 g/mol. The van der Waals surface area contributed by atoms with Crippen LogP contribution in [-0.2, 0) is 5.60 Å². The van der Waals surface area contributed by atoms with Crippen molar-refractivity contribution in [3.05, 3.63) is 59.1 Å². The van der Waals surface area contributed by atoms with Gasteiger partial charge in [-0.2, -0.15) is 0 Å². The van der Waals surface area contributed by atoms with E-state index in [0.29, 0.717) is 16.5 Å². The first-order valence-electron chi connectivity index (χ1n) is 7.08. The lowest BCUT2D eigenvalue weighted by Crippen LogP contribution is -2.40. The molecule has 0 bridgehead atoms. The van der Waals surface area contributed by atoms with Gasteiger partial charge in [-0.25, -0.2) is 4.79 Å². The Balaban J connectivity index is 1.98. The molecule has 2 aromatic rings. The Bertz CT molecular complexity index is 675. The van der Waals surface area contributed by atoms with Gasteiger partial charge in [0, 0.05) is 6.07 Å². The number of aliphatic hydroxyl groups is 1. The second kappa shape index (κ2) is 7.35. The second-order valence-electron chi connectivity index (χ2n) is 5.29. The van der Waals surface area contributed by atoms with E-state index in [1.807, 2.05) is 18.2 Å². The minimum absolute atomic E-state index is 0.0600. The van der Waals surface area contributed by atoms with Crippen LogP contribution in [0.15, 0.2) is 48.5 Å². The van der Waals surface area contributed by atoms with Crippen molar-refractivity contribution < 1.29 is 14.6 Å². The predicted octanol–water partition coefficient (Wildman–Crippen LogP) is 3.38. The van der Waals surface area contributed by atoms with E-state index < -0.39 is 11.6 Å². The molecule has 2 aromatic carbocycles. The van der Waals surface area contributed by atoms with Crippen LogP contribution in [0.25, 0.3) is 0 Å². The molecule has 2 amide bonds. The highest BCUT2D eigenvalue weighted by Crippen LogP contribution is 2.26. The summed E-state index contributed by atoms with van der Waals surface area (Å²) < 4.78 is 5.09. The zero-order valence-corrected chi connectivity index (χ0v) is 13.7. The van der Waals surface area contributed by atoms with Crippen molar-refractivity contribution in [3.8, 4) is 5.75 Å². The number of carbonyl (C=O) groups excluding carboxylic acids is 1. The molecule has 0 aliphatic heterocycles. The molecule has 0 heterocycles. The Morgan fingerprint density at radius 2 is 1.96 bits per heavy atom. The van der Waals surface area contributed by atoms with Crippen molar-refractivity contribution in [1.29, 1.82) is 0 Å². The number of hydrogen-bond donors (Lipinski definition) is 3. The maximum absolute atomic E-state index is 12.0.